The van der Waals surface area contributed by atoms with Crippen LogP contribution in [0.4, 0.5) is 0 Å². The van der Waals surface area contributed by atoms with E-state index in [1.54, 1.807) is 0 Å². The van der Waals surface area contributed by atoms with Crippen molar-refractivity contribution >= 4 is 35.4 Å². The standard InChI is InChI=1S/C10H18Cl2N2O4/c1-9(15)13(11)3-5-17-7-8-18-6-4-14(12)10(2)16/h3-8H2,1-2H3. The predicted octanol–water partition coefficient (Wildman–Crippen LogP) is 1.02. The fourth-order valence-electron chi connectivity index (χ4n) is 0.926. The van der Waals surface area contributed by atoms with E-state index in [4.69, 9.17) is 33.0 Å². The second kappa shape index (κ2) is 10.4. The van der Waals surface area contributed by atoms with Gasteiger partial charge in [-0.15, -0.1) is 0 Å². The van der Waals surface area contributed by atoms with Gasteiger partial charge in [0.05, 0.1) is 39.5 Å². The molecule has 0 N–H and O–H groups in total. The molecule has 6 nitrogen and oxygen atoms in total. The summed E-state index contributed by atoms with van der Waals surface area (Å²) in [5.41, 5.74) is 0. The number of ether oxygens (including phenoxy) is 2. The molecule has 0 heterocycles. The molecule has 0 saturated carbocycles. The minimum absolute atomic E-state index is 0.219. The first-order valence-corrected chi connectivity index (χ1v) is 6.16. The zero-order chi connectivity index (χ0) is 14.0. The van der Waals surface area contributed by atoms with Crippen LogP contribution in [0.3, 0.4) is 0 Å². The predicted molar refractivity (Wildman–Crippen MR) is 68.1 cm³/mol. The molecule has 0 spiro atoms. The Balaban J connectivity index is 3.26. The number of carbonyl (C=O) groups is 2. The zero-order valence-electron chi connectivity index (χ0n) is 10.5. The maximum Gasteiger partial charge on any atom is 0.233 e. The molecule has 0 aromatic carbocycles. The van der Waals surface area contributed by atoms with Crippen LogP contribution in [0.2, 0.25) is 0 Å². The van der Waals surface area contributed by atoms with E-state index in [-0.39, 0.29) is 11.8 Å². The van der Waals surface area contributed by atoms with E-state index in [0.717, 1.165) is 8.84 Å². The highest BCUT2D eigenvalue weighted by Crippen LogP contribution is 1.95. The highest BCUT2D eigenvalue weighted by atomic mass is 35.5. The van der Waals surface area contributed by atoms with Crippen LogP contribution < -0.4 is 0 Å². The molecule has 0 aromatic rings. The first-order chi connectivity index (χ1) is 8.45. The number of halogens is 2. The van der Waals surface area contributed by atoms with E-state index >= 15 is 0 Å². The van der Waals surface area contributed by atoms with Crippen LogP contribution in [0.5, 0.6) is 0 Å². The smallest absolute Gasteiger partial charge is 0.233 e. The number of carbonyl (C=O) groups excluding carboxylic acids is 2. The molecule has 8 heteroatoms. The van der Waals surface area contributed by atoms with Gasteiger partial charge in [0.15, 0.2) is 0 Å². The van der Waals surface area contributed by atoms with Crippen molar-refractivity contribution in [1.29, 1.82) is 0 Å². The van der Waals surface area contributed by atoms with Gasteiger partial charge < -0.3 is 9.47 Å². The van der Waals surface area contributed by atoms with Crippen molar-refractivity contribution < 1.29 is 19.1 Å². The lowest BCUT2D eigenvalue weighted by Crippen LogP contribution is -2.24. The topological polar surface area (TPSA) is 59.1 Å². The summed E-state index contributed by atoms with van der Waals surface area (Å²) in [4.78, 5) is 21.5. The van der Waals surface area contributed by atoms with Gasteiger partial charge in [0, 0.05) is 37.4 Å². The third-order valence-electron chi connectivity index (χ3n) is 1.92. The summed E-state index contributed by atoms with van der Waals surface area (Å²) in [6.07, 6.45) is 0. The second-order valence-corrected chi connectivity index (χ2v) is 4.25. The van der Waals surface area contributed by atoms with Crippen LogP contribution in [-0.2, 0) is 19.1 Å². The lowest BCUT2D eigenvalue weighted by Gasteiger charge is -2.12. The molecule has 18 heavy (non-hydrogen) atoms. The van der Waals surface area contributed by atoms with Gasteiger partial charge in [0.1, 0.15) is 0 Å². The number of nitrogens with zero attached hydrogens (tertiary/aromatic N) is 2. The van der Waals surface area contributed by atoms with Crippen LogP contribution in [0.25, 0.3) is 0 Å². The largest absolute Gasteiger partial charge is 0.377 e. The lowest BCUT2D eigenvalue weighted by atomic mass is 10.6. The molecule has 0 rings (SSSR count). The van der Waals surface area contributed by atoms with Gasteiger partial charge in [-0.2, -0.15) is 0 Å². The molecule has 0 unspecified atom stereocenters. The Bertz CT molecular complexity index is 240. The number of amides is 2. The van der Waals surface area contributed by atoms with Gasteiger partial charge in [-0.3, -0.25) is 18.4 Å². The summed E-state index contributed by atoms with van der Waals surface area (Å²) in [5, 5.41) is 0. The molecule has 0 aromatic heterocycles. The first-order valence-electron chi connectivity index (χ1n) is 5.48. The number of hydrogen-bond acceptors (Lipinski definition) is 4. The molecule has 106 valence electrons. The fraction of sp³-hybridized carbons (Fsp3) is 0.800. The molecule has 0 aliphatic heterocycles. The van der Waals surface area contributed by atoms with Gasteiger partial charge >= 0.3 is 0 Å². The number of rotatable bonds is 9. The molecule has 0 radical (unpaired) electrons. The maximum atomic E-state index is 10.7. The van der Waals surface area contributed by atoms with Crippen LogP contribution in [-0.4, -0.2) is 60.2 Å². The first kappa shape index (κ1) is 17.4. The molecule has 0 aliphatic rings. The highest BCUT2D eigenvalue weighted by Gasteiger charge is 2.04. The minimum atomic E-state index is -0.219. The van der Waals surface area contributed by atoms with Crippen LogP contribution in [0, 0.1) is 0 Å². The van der Waals surface area contributed by atoms with E-state index in [1.807, 2.05) is 0 Å². The third-order valence-corrected chi connectivity index (χ3v) is 2.73. The molecule has 0 atom stereocenters. The summed E-state index contributed by atoms with van der Waals surface area (Å²) >= 11 is 11.1. The average molecular weight is 301 g/mol. The van der Waals surface area contributed by atoms with Gasteiger partial charge in [-0.1, -0.05) is 0 Å². The lowest BCUT2D eigenvalue weighted by molar-refractivity contribution is -0.125. The van der Waals surface area contributed by atoms with Gasteiger partial charge in [0.25, 0.3) is 0 Å². The van der Waals surface area contributed by atoms with Crippen molar-refractivity contribution in [1.82, 2.24) is 8.84 Å². The average Bonchev–Trinajstić information content (AvgIpc) is 2.31. The summed E-state index contributed by atoms with van der Waals surface area (Å²) in [7, 11) is 0. The minimum Gasteiger partial charge on any atom is -0.377 e. The van der Waals surface area contributed by atoms with Crippen molar-refractivity contribution in [2.75, 3.05) is 39.5 Å². The van der Waals surface area contributed by atoms with Crippen LogP contribution in [0.1, 0.15) is 13.8 Å². The van der Waals surface area contributed by atoms with Crippen LogP contribution in [0.15, 0.2) is 0 Å². The van der Waals surface area contributed by atoms with Crippen molar-refractivity contribution in [2.24, 2.45) is 0 Å². The second-order valence-electron chi connectivity index (χ2n) is 3.43. The van der Waals surface area contributed by atoms with Crippen molar-refractivity contribution in [3.05, 3.63) is 0 Å². The van der Waals surface area contributed by atoms with E-state index < -0.39 is 0 Å². The Morgan fingerprint density at radius 2 is 1.17 bits per heavy atom. The summed E-state index contributed by atoms with van der Waals surface area (Å²) in [5.74, 6) is -0.439. The molecular weight excluding hydrogens is 283 g/mol. The highest BCUT2D eigenvalue weighted by molar-refractivity contribution is 6.21. The van der Waals surface area contributed by atoms with Gasteiger partial charge in [-0.05, 0) is 0 Å². The quantitative estimate of drug-likeness (QED) is 0.471. The normalized spacial score (nSPS) is 10.2. The third kappa shape index (κ3) is 9.47. The molecule has 0 aliphatic carbocycles. The summed E-state index contributed by atoms with van der Waals surface area (Å²) in [6.45, 7) is 4.90. The number of hydrogen-bond donors (Lipinski definition) is 0. The molecule has 2 amide bonds. The Morgan fingerprint density at radius 3 is 1.44 bits per heavy atom. The fourth-order valence-corrected chi connectivity index (χ4v) is 1.06. The van der Waals surface area contributed by atoms with E-state index in [9.17, 15) is 9.59 Å². The SMILES string of the molecule is CC(=O)N(Cl)CCOCCOCCN(Cl)C(C)=O. The maximum absolute atomic E-state index is 10.7. The summed E-state index contributed by atoms with van der Waals surface area (Å²) < 4.78 is 12.5. The van der Waals surface area contributed by atoms with Gasteiger partial charge in [0.2, 0.25) is 11.8 Å². The van der Waals surface area contributed by atoms with E-state index in [0.29, 0.717) is 39.5 Å². The molecule has 0 fully saturated rings. The Labute approximate surface area is 117 Å². The van der Waals surface area contributed by atoms with Crippen molar-refractivity contribution in [2.45, 2.75) is 13.8 Å². The molecule has 0 bridgehead atoms. The Kier molecular flexibility index (Phi) is 10.0. The zero-order valence-corrected chi connectivity index (χ0v) is 12.0. The monoisotopic (exact) mass is 300 g/mol. The Morgan fingerprint density at radius 1 is 0.833 bits per heavy atom. The van der Waals surface area contributed by atoms with E-state index in [2.05, 4.69) is 0 Å². The molecule has 0 saturated heterocycles. The summed E-state index contributed by atoms with van der Waals surface area (Å²) in [6, 6.07) is 0. The van der Waals surface area contributed by atoms with Crippen LogP contribution >= 0.6 is 23.6 Å². The van der Waals surface area contributed by atoms with E-state index in [1.165, 1.54) is 13.8 Å². The van der Waals surface area contributed by atoms with Gasteiger partial charge in [-0.25, -0.2) is 0 Å². The van der Waals surface area contributed by atoms with Crippen molar-refractivity contribution in [3.8, 4) is 0 Å². The Hall–Kier alpha value is -0.560. The van der Waals surface area contributed by atoms with Crippen molar-refractivity contribution in [3.63, 3.8) is 0 Å². The molecular formula is C10H18Cl2N2O4.